The largest absolute Gasteiger partial charge is 0.336 e. The number of hydrogen-bond donors (Lipinski definition) is 1. The quantitative estimate of drug-likeness (QED) is 0.568. The van der Waals surface area contributed by atoms with Crippen LogP contribution in [0.1, 0.15) is 20.8 Å². The van der Waals surface area contributed by atoms with E-state index in [0.717, 1.165) is 30.6 Å². The molecule has 2 aromatic carbocycles. The lowest BCUT2D eigenvalue weighted by Gasteiger charge is -2.34. The van der Waals surface area contributed by atoms with Crippen molar-refractivity contribution in [2.45, 2.75) is 6.54 Å². The molecule has 1 aliphatic rings. The molecule has 1 aliphatic heterocycles. The van der Waals surface area contributed by atoms with E-state index < -0.39 is 10.0 Å². The molecule has 8 heteroatoms. The van der Waals surface area contributed by atoms with Gasteiger partial charge in [-0.2, -0.15) is 0 Å². The molecule has 0 bridgehead atoms. The fourth-order valence-corrected chi connectivity index (χ4v) is 5.14. The zero-order valence-electron chi connectivity index (χ0n) is 17.6. The van der Waals surface area contributed by atoms with Crippen LogP contribution >= 0.6 is 11.3 Å². The molecule has 4 rings (SSSR count). The highest BCUT2D eigenvalue weighted by Gasteiger charge is 2.22. The lowest BCUT2D eigenvalue weighted by Crippen LogP contribution is -2.48. The van der Waals surface area contributed by atoms with Gasteiger partial charge in [-0.1, -0.05) is 36.4 Å². The van der Waals surface area contributed by atoms with Gasteiger partial charge in [-0.25, -0.2) is 8.42 Å². The van der Waals surface area contributed by atoms with Gasteiger partial charge in [-0.05, 0) is 47.4 Å². The van der Waals surface area contributed by atoms with Crippen LogP contribution < -0.4 is 4.72 Å². The first-order valence-corrected chi connectivity index (χ1v) is 12.8. The Hall–Kier alpha value is -2.94. The third-order valence-corrected chi connectivity index (χ3v) is 7.13. The molecular formula is C24H25N3O3S2. The molecule has 1 amide bonds. The third-order valence-electron chi connectivity index (χ3n) is 5.25. The van der Waals surface area contributed by atoms with Gasteiger partial charge in [-0.3, -0.25) is 14.4 Å². The second kappa shape index (κ2) is 10.1. The molecule has 0 spiro atoms. The lowest BCUT2D eigenvalue weighted by atomic mass is 10.1. The maximum absolute atomic E-state index is 12.8. The molecule has 1 saturated heterocycles. The Labute approximate surface area is 192 Å². The standard InChI is InChI=1S/C24H25N3O3S2/c28-24(27-15-13-26(14-16-27)19-23-7-4-17-31-23)21-8-10-22(11-9-21)25-32(29,30)18-12-20-5-2-1-3-6-20/h1-12,17-18,25H,13-16,19H2/b18-12+. The molecule has 0 atom stereocenters. The summed E-state index contributed by atoms with van der Waals surface area (Å²) in [6.45, 7) is 3.98. The number of thiophene rings is 1. The van der Waals surface area contributed by atoms with Gasteiger partial charge in [-0.15, -0.1) is 11.3 Å². The van der Waals surface area contributed by atoms with Gasteiger partial charge in [0, 0.05) is 48.9 Å². The van der Waals surface area contributed by atoms with Crippen LogP contribution in [0.25, 0.3) is 6.08 Å². The average Bonchev–Trinajstić information content (AvgIpc) is 3.32. The van der Waals surface area contributed by atoms with Crippen LogP contribution in [0.2, 0.25) is 0 Å². The number of nitrogens with one attached hydrogen (secondary N) is 1. The molecule has 0 saturated carbocycles. The van der Waals surface area contributed by atoms with E-state index >= 15 is 0 Å². The maximum atomic E-state index is 12.8. The molecular weight excluding hydrogens is 442 g/mol. The SMILES string of the molecule is O=C(c1ccc(NS(=O)(=O)/C=C/c2ccccc2)cc1)N1CCN(Cc2cccs2)CC1. The minimum atomic E-state index is -3.64. The van der Waals surface area contributed by atoms with E-state index in [4.69, 9.17) is 0 Å². The highest BCUT2D eigenvalue weighted by molar-refractivity contribution is 7.95. The van der Waals surface area contributed by atoms with Crippen molar-refractivity contribution >= 4 is 39.0 Å². The number of anilines is 1. The molecule has 0 radical (unpaired) electrons. The Morgan fingerprint density at radius 3 is 2.31 bits per heavy atom. The molecule has 2 heterocycles. The molecule has 1 N–H and O–H groups in total. The van der Waals surface area contributed by atoms with Crippen LogP contribution in [0.15, 0.2) is 77.5 Å². The summed E-state index contributed by atoms with van der Waals surface area (Å²) in [5.41, 5.74) is 1.77. The smallest absolute Gasteiger partial charge is 0.255 e. The lowest BCUT2D eigenvalue weighted by molar-refractivity contribution is 0.0629. The second-order valence-corrected chi connectivity index (χ2v) is 10.2. The van der Waals surface area contributed by atoms with E-state index in [0.29, 0.717) is 24.3 Å². The summed E-state index contributed by atoms with van der Waals surface area (Å²) >= 11 is 1.75. The molecule has 32 heavy (non-hydrogen) atoms. The number of hydrogen-bond acceptors (Lipinski definition) is 5. The van der Waals surface area contributed by atoms with Gasteiger partial charge in [0.15, 0.2) is 0 Å². The zero-order valence-corrected chi connectivity index (χ0v) is 19.2. The van der Waals surface area contributed by atoms with Crippen LogP contribution in [0.3, 0.4) is 0 Å². The summed E-state index contributed by atoms with van der Waals surface area (Å²) in [5, 5.41) is 3.22. The predicted molar refractivity (Wildman–Crippen MR) is 130 cm³/mol. The van der Waals surface area contributed by atoms with Gasteiger partial charge in [0.05, 0.1) is 5.41 Å². The first kappa shape index (κ1) is 22.3. The Morgan fingerprint density at radius 2 is 1.66 bits per heavy atom. The van der Waals surface area contributed by atoms with E-state index in [1.807, 2.05) is 35.2 Å². The molecule has 1 fully saturated rings. The van der Waals surface area contributed by atoms with Crippen molar-refractivity contribution in [2.75, 3.05) is 30.9 Å². The summed E-state index contributed by atoms with van der Waals surface area (Å²) in [6, 6.07) is 20.0. The summed E-state index contributed by atoms with van der Waals surface area (Å²) < 4.78 is 27.1. The van der Waals surface area contributed by atoms with Crippen LogP contribution in [-0.4, -0.2) is 50.3 Å². The number of rotatable bonds is 7. The van der Waals surface area contributed by atoms with Gasteiger partial charge in [0.1, 0.15) is 0 Å². The summed E-state index contributed by atoms with van der Waals surface area (Å²) in [5.74, 6) is -0.0286. The van der Waals surface area contributed by atoms with Crippen LogP contribution in [-0.2, 0) is 16.6 Å². The molecule has 0 unspecified atom stereocenters. The topological polar surface area (TPSA) is 69.7 Å². The Bertz CT molecular complexity index is 1150. The Kier molecular flexibility index (Phi) is 7.04. The van der Waals surface area contributed by atoms with E-state index in [1.165, 1.54) is 4.88 Å². The Balaban J connectivity index is 1.31. The number of nitrogens with zero attached hydrogens (tertiary/aromatic N) is 2. The van der Waals surface area contributed by atoms with Crippen molar-refractivity contribution in [3.63, 3.8) is 0 Å². The number of carbonyl (C=O) groups excluding carboxylic acids is 1. The Morgan fingerprint density at radius 1 is 0.938 bits per heavy atom. The summed E-state index contributed by atoms with van der Waals surface area (Å²) in [4.78, 5) is 18.4. The van der Waals surface area contributed by atoms with Crippen LogP contribution in [0.5, 0.6) is 0 Å². The van der Waals surface area contributed by atoms with E-state index in [-0.39, 0.29) is 5.91 Å². The number of benzene rings is 2. The van der Waals surface area contributed by atoms with Crippen molar-refractivity contribution in [2.24, 2.45) is 0 Å². The average molecular weight is 468 g/mol. The van der Waals surface area contributed by atoms with Crippen molar-refractivity contribution in [3.05, 3.63) is 93.5 Å². The van der Waals surface area contributed by atoms with Crippen LogP contribution in [0, 0.1) is 0 Å². The minimum Gasteiger partial charge on any atom is -0.336 e. The maximum Gasteiger partial charge on any atom is 0.255 e. The number of carbonyl (C=O) groups is 1. The van der Waals surface area contributed by atoms with E-state index in [9.17, 15) is 13.2 Å². The fraction of sp³-hybridized carbons (Fsp3) is 0.208. The van der Waals surface area contributed by atoms with Crippen molar-refractivity contribution in [1.82, 2.24) is 9.80 Å². The molecule has 166 valence electrons. The third kappa shape index (κ3) is 6.06. The minimum absolute atomic E-state index is 0.0286. The highest BCUT2D eigenvalue weighted by atomic mass is 32.2. The first-order chi connectivity index (χ1) is 15.5. The number of sulfonamides is 1. The van der Waals surface area contributed by atoms with Gasteiger partial charge < -0.3 is 4.90 Å². The molecule has 0 aliphatic carbocycles. The fourth-order valence-electron chi connectivity index (χ4n) is 3.53. The molecule has 1 aromatic heterocycles. The molecule has 6 nitrogen and oxygen atoms in total. The zero-order chi connectivity index (χ0) is 22.4. The second-order valence-electron chi connectivity index (χ2n) is 7.59. The monoisotopic (exact) mass is 467 g/mol. The van der Waals surface area contributed by atoms with E-state index in [1.54, 1.807) is 41.7 Å². The predicted octanol–water partition coefficient (Wildman–Crippen LogP) is 4.12. The van der Waals surface area contributed by atoms with Crippen molar-refractivity contribution < 1.29 is 13.2 Å². The summed E-state index contributed by atoms with van der Waals surface area (Å²) in [7, 11) is -3.64. The highest BCUT2D eigenvalue weighted by Crippen LogP contribution is 2.17. The molecule has 3 aromatic rings. The summed E-state index contributed by atoms with van der Waals surface area (Å²) in [6.07, 6.45) is 1.54. The van der Waals surface area contributed by atoms with Crippen LogP contribution in [0.4, 0.5) is 5.69 Å². The van der Waals surface area contributed by atoms with E-state index in [2.05, 4.69) is 27.1 Å². The van der Waals surface area contributed by atoms with Crippen molar-refractivity contribution in [3.8, 4) is 0 Å². The normalized spacial score (nSPS) is 15.2. The number of amides is 1. The van der Waals surface area contributed by atoms with Gasteiger partial charge >= 0.3 is 0 Å². The first-order valence-electron chi connectivity index (χ1n) is 10.4. The van der Waals surface area contributed by atoms with Gasteiger partial charge in [0.2, 0.25) is 0 Å². The van der Waals surface area contributed by atoms with Gasteiger partial charge in [0.25, 0.3) is 15.9 Å². The number of piperazine rings is 1. The van der Waals surface area contributed by atoms with Crippen molar-refractivity contribution in [1.29, 1.82) is 0 Å².